The van der Waals surface area contributed by atoms with Gasteiger partial charge in [-0.3, -0.25) is 4.79 Å². The zero-order valence-corrected chi connectivity index (χ0v) is 16.8. The Morgan fingerprint density at radius 1 is 1.03 bits per heavy atom. The van der Waals surface area contributed by atoms with Gasteiger partial charge in [-0.25, -0.2) is 9.97 Å². The van der Waals surface area contributed by atoms with Crippen molar-refractivity contribution in [1.82, 2.24) is 15.1 Å². The predicted octanol–water partition coefficient (Wildman–Crippen LogP) is 2.97. The van der Waals surface area contributed by atoms with Crippen LogP contribution in [-0.2, 0) is 0 Å². The van der Waals surface area contributed by atoms with Gasteiger partial charge in [-0.15, -0.1) is 0 Å². The summed E-state index contributed by atoms with van der Waals surface area (Å²) in [6, 6.07) is 9.80. The Kier molecular flexibility index (Phi) is 5.16. The molecule has 0 aliphatic carbocycles. The van der Waals surface area contributed by atoms with Crippen molar-refractivity contribution in [2.24, 2.45) is 0 Å². The summed E-state index contributed by atoms with van der Waals surface area (Å²) >= 11 is 0. The molecule has 0 spiro atoms. The van der Waals surface area contributed by atoms with Crippen LogP contribution in [0.1, 0.15) is 27.4 Å². The summed E-state index contributed by atoms with van der Waals surface area (Å²) in [6.45, 7) is 9.53. The lowest BCUT2D eigenvalue weighted by Crippen LogP contribution is -2.47. The van der Waals surface area contributed by atoms with E-state index in [0.717, 1.165) is 32.0 Å². The van der Waals surface area contributed by atoms with Crippen molar-refractivity contribution in [1.29, 1.82) is 0 Å². The van der Waals surface area contributed by atoms with Crippen molar-refractivity contribution >= 4 is 23.2 Å². The molecule has 3 aromatic rings. The summed E-state index contributed by atoms with van der Waals surface area (Å²) in [4.78, 5) is 25.5. The minimum atomic E-state index is -0.337. The third kappa shape index (κ3) is 4.06. The van der Waals surface area contributed by atoms with E-state index in [4.69, 9.17) is 4.52 Å². The van der Waals surface area contributed by atoms with E-state index in [1.165, 1.54) is 23.1 Å². The van der Waals surface area contributed by atoms with Crippen molar-refractivity contribution in [2.75, 3.05) is 41.3 Å². The summed E-state index contributed by atoms with van der Waals surface area (Å²) in [5.74, 6) is 1.42. The van der Waals surface area contributed by atoms with E-state index in [-0.39, 0.29) is 5.91 Å². The van der Waals surface area contributed by atoms with Gasteiger partial charge in [0.1, 0.15) is 23.6 Å². The maximum Gasteiger partial charge on any atom is 0.275 e. The lowest BCUT2D eigenvalue weighted by Gasteiger charge is -2.37. The standard InChI is InChI=1S/C21H24N6O2/c1-14-5-4-6-18(16(14)3)26-7-9-27(10-8-26)20-12-17(22-13-23-20)21(28)24-19-11-15(2)29-25-19/h4-6,11-13H,7-10H2,1-3H3,(H,24,25,28). The number of aryl methyl sites for hydroxylation is 2. The van der Waals surface area contributed by atoms with Crippen molar-refractivity contribution < 1.29 is 9.32 Å². The van der Waals surface area contributed by atoms with E-state index in [1.807, 2.05) is 0 Å². The van der Waals surface area contributed by atoms with Crippen LogP contribution < -0.4 is 15.1 Å². The maximum absolute atomic E-state index is 12.5. The minimum Gasteiger partial charge on any atom is -0.368 e. The van der Waals surface area contributed by atoms with Gasteiger partial charge in [0.25, 0.3) is 5.91 Å². The van der Waals surface area contributed by atoms with Crippen LogP contribution in [0.3, 0.4) is 0 Å². The molecule has 0 bridgehead atoms. The Bertz CT molecular complexity index is 1020. The first-order valence-electron chi connectivity index (χ1n) is 9.64. The van der Waals surface area contributed by atoms with Gasteiger partial charge in [-0.2, -0.15) is 0 Å². The summed E-state index contributed by atoms with van der Waals surface area (Å²) < 4.78 is 4.97. The fraction of sp³-hybridized carbons (Fsp3) is 0.333. The molecule has 1 N–H and O–H groups in total. The summed E-state index contributed by atoms with van der Waals surface area (Å²) in [5, 5.41) is 6.47. The second-order valence-corrected chi connectivity index (χ2v) is 7.23. The molecule has 0 saturated carbocycles. The molecule has 29 heavy (non-hydrogen) atoms. The third-order valence-electron chi connectivity index (χ3n) is 5.28. The van der Waals surface area contributed by atoms with Crippen LogP contribution >= 0.6 is 0 Å². The van der Waals surface area contributed by atoms with Crippen LogP contribution in [0.25, 0.3) is 0 Å². The smallest absolute Gasteiger partial charge is 0.275 e. The van der Waals surface area contributed by atoms with E-state index in [2.05, 4.69) is 62.3 Å². The molecule has 150 valence electrons. The topological polar surface area (TPSA) is 87.4 Å². The molecule has 1 fully saturated rings. The Morgan fingerprint density at radius 2 is 1.79 bits per heavy atom. The average Bonchev–Trinajstić information content (AvgIpc) is 3.15. The fourth-order valence-electron chi connectivity index (χ4n) is 3.50. The maximum atomic E-state index is 12.5. The number of nitrogens with one attached hydrogen (secondary N) is 1. The van der Waals surface area contributed by atoms with Gasteiger partial charge < -0.3 is 19.6 Å². The van der Waals surface area contributed by atoms with Gasteiger partial charge in [0.2, 0.25) is 0 Å². The number of aromatic nitrogens is 3. The summed E-state index contributed by atoms with van der Waals surface area (Å²) in [7, 11) is 0. The minimum absolute atomic E-state index is 0.299. The Labute approximate surface area is 169 Å². The molecule has 0 unspecified atom stereocenters. The molecule has 3 heterocycles. The number of carbonyl (C=O) groups is 1. The van der Waals surface area contributed by atoms with Crippen LogP contribution in [-0.4, -0.2) is 47.2 Å². The fourth-order valence-corrected chi connectivity index (χ4v) is 3.50. The molecular weight excluding hydrogens is 368 g/mol. The zero-order chi connectivity index (χ0) is 20.4. The SMILES string of the molecule is Cc1cc(NC(=O)c2cc(N3CCN(c4cccc(C)c4C)CC3)ncn2)no1. The lowest BCUT2D eigenvalue weighted by molar-refractivity contribution is 0.102. The highest BCUT2D eigenvalue weighted by Crippen LogP contribution is 2.25. The highest BCUT2D eigenvalue weighted by atomic mass is 16.5. The summed E-state index contributed by atoms with van der Waals surface area (Å²) in [5.41, 5.74) is 4.21. The zero-order valence-electron chi connectivity index (χ0n) is 16.8. The Morgan fingerprint density at radius 3 is 2.52 bits per heavy atom. The summed E-state index contributed by atoms with van der Waals surface area (Å²) in [6.07, 6.45) is 1.43. The second kappa shape index (κ2) is 7.90. The molecular formula is C21H24N6O2. The first-order chi connectivity index (χ1) is 14.0. The highest BCUT2D eigenvalue weighted by Gasteiger charge is 2.21. The first-order valence-corrected chi connectivity index (χ1v) is 9.64. The van der Waals surface area contributed by atoms with E-state index in [9.17, 15) is 4.79 Å². The van der Waals surface area contributed by atoms with Crippen molar-refractivity contribution in [3.8, 4) is 0 Å². The van der Waals surface area contributed by atoms with E-state index >= 15 is 0 Å². The number of carbonyl (C=O) groups excluding carboxylic acids is 1. The largest absolute Gasteiger partial charge is 0.368 e. The molecule has 1 aromatic carbocycles. The molecule has 1 saturated heterocycles. The van der Waals surface area contributed by atoms with Gasteiger partial charge in [0.15, 0.2) is 5.82 Å². The molecule has 4 rings (SSSR count). The number of hydrogen-bond acceptors (Lipinski definition) is 7. The van der Waals surface area contributed by atoms with Crippen LogP contribution in [0.2, 0.25) is 0 Å². The monoisotopic (exact) mass is 392 g/mol. The Hall–Kier alpha value is -3.42. The van der Waals surface area contributed by atoms with Crippen LogP contribution in [0.15, 0.2) is 41.2 Å². The number of anilines is 3. The van der Waals surface area contributed by atoms with Crippen molar-refractivity contribution in [2.45, 2.75) is 20.8 Å². The predicted molar refractivity (Wildman–Crippen MR) is 112 cm³/mol. The number of piperazine rings is 1. The van der Waals surface area contributed by atoms with Gasteiger partial charge in [0.05, 0.1) is 0 Å². The molecule has 0 radical (unpaired) electrons. The number of nitrogens with zero attached hydrogens (tertiary/aromatic N) is 5. The van der Waals surface area contributed by atoms with Crippen LogP contribution in [0, 0.1) is 20.8 Å². The number of rotatable bonds is 4. The average molecular weight is 392 g/mol. The molecule has 2 aromatic heterocycles. The van der Waals surface area contributed by atoms with E-state index in [1.54, 1.807) is 19.1 Å². The van der Waals surface area contributed by atoms with Gasteiger partial charge >= 0.3 is 0 Å². The van der Waals surface area contributed by atoms with Crippen molar-refractivity contribution in [3.05, 3.63) is 59.2 Å². The van der Waals surface area contributed by atoms with Gasteiger partial charge in [-0.05, 0) is 38.0 Å². The number of hydrogen-bond donors (Lipinski definition) is 1. The lowest BCUT2D eigenvalue weighted by atomic mass is 10.1. The molecule has 8 heteroatoms. The normalized spacial score (nSPS) is 14.2. The quantitative estimate of drug-likeness (QED) is 0.730. The second-order valence-electron chi connectivity index (χ2n) is 7.23. The molecule has 8 nitrogen and oxygen atoms in total. The molecule has 1 aliphatic heterocycles. The van der Waals surface area contributed by atoms with Crippen molar-refractivity contribution in [3.63, 3.8) is 0 Å². The van der Waals surface area contributed by atoms with Crippen LogP contribution in [0.4, 0.5) is 17.3 Å². The van der Waals surface area contributed by atoms with E-state index < -0.39 is 0 Å². The Balaban J connectivity index is 1.43. The number of amides is 1. The molecule has 1 aliphatic rings. The third-order valence-corrected chi connectivity index (χ3v) is 5.28. The first kappa shape index (κ1) is 18.9. The number of benzene rings is 1. The molecule has 0 atom stereocenters. The highest BCUT2D eigenvalue weighted by molar-refractivity contribution is 6.02. The molecule has 1 amide bonds. The van der Waals surface area contributed by atoms with Crippen LogP contribution in [0.5, 0.6) is 0 Å². The van der Waals surface area contributed by atoms with Gasteiger partial charge in [-0.1, -0.05) is 17.3 Å². The van der Waals surface area contributed by atoms with Gasteiger partial charge in [0, 0.05) is 44.0 Å². The van der Waals surface area contributed by atoms with E-state index in [0.29, 0.717) is 17.3 Å².